The molecular formula is C15H16ClNO2. The van der Waals surface area contributed by atoms with Crippen molar-refractivity contribution in [2.45, 2.75) is 25.8 Å². The Kier molecular flexibility index (Phi) is 4.27. The number of hydrogen-bond donors (Lipinski definition) is 2. The van der Waals surface area contributed by atoms with Gasteiger partial charge in [0, 0.05) is 5.02 Å². The van der Waals surface area contributed by atoms with Gasteiger partial charge in [0.1, 0.15) is 5.75 Å². The van der Waals surface area contributed by atoms with Crippen LogP contribution >= 0.6 is 11.6 Å². The Labute approximate surface area is 117 Å². The van der Waals surface area contributed by atoms with Crippen molar-refractivity contribution in [1.82, 2.24) is 5.32 Å². The van der Waals surface area contributed by atoms with Crippen LogP contribution in [0.25, 0.3) is 0 Å². The molecule has 0 aromatic heterocycles. The highest BCUT2D eigenvalue weighted by Crippen LogP contribution is 2.22. The third-order valence-electron chi connectivity index (χ3n) is 3.07. The molecule has 1 aromatic rings. The fourth-order valence-electron chi connectivity index (χ4n) is 2.02. The molecule has 1 atom stereocenters. The molecule has 0 aliphatic heterocycles. The van der Waals surface area contributed by atoms with Crippen LogP contribution in [0, 0.1) is 0 Å². The average molecular weight is 278 g/mol. The molecule has 0 radical (unpaired) electrons. The Hall–Kier alpha value is -1.74. The van der Waals surface area contributed by atoms with Gasteiger partial charge in [0.15, 0.2) is 0 Å². The molecule has 0 bridgehead atoms. The molecule has 0 spiro atoms. The first kappa shape index (κ1) is 13.7. The number of hydrogen-bond acceptors (Lipinski definition) is 2. The van der Waals surface area contributed by atoms with Gasteiger partial charge in [-0.25, -0.2) is 0 Å². The van der Waals surface area contributed by atoms with E-state index in [1.807, 2.05) is 12.2 Å². The largest absolute Gasteiger partial charge is 0.507 e. The zero-order valence-corrected chi connectivity index (χ0v) is 11.4. The second-order valence-corrected chi connectivity index (χ2v) is 4.91. The Balaban J connectivity index is 2.11. The van der Waals surface area contributed by atoms with E-state index in [9.17, 15) is 9.90 Å². The normalized spacial score (nSPS) is 18.0. The molecule has 1 aliphatic carbocycles. The first-order valence-corrected chi connectivity index (χ1v) is 6.64. The summed E-state index contributed by atoms with van der Waals surface area (Å²) in [6, 6.07) is 4.40. The number of amides is 1. The van der Waals surface area contributed by atoms with Gasteiger partial charge in [0.2, 0.25) is 0 Å². The average Bonchev–Trinajstić information content (AvgIpc) is 2.41. The Morgan fingerprint density at radius 3 is 3.05 bits per heavy atom. The summed E-state index contributed by atoms with van der Waals surface area (Å²) in [5.41, 5.74) is 1.40. The number of aromatic hydroxyl groups is 1. The van der Waals surface area contributed by atoms with E-state index in [2.05, 4.69) is 18.3 Å². The summed E-state index contributed by atoms with van der Waals surface area (Å²) in [4.78, 5) is 12.1. The Morgan fingerprint density at radius 2 is 2.32 bits per heavy atom. The highest BCUT2D eigenvalue weighted by Gasteiger charge is 2.16. The lowest BCUT2D eigenvalue weighted by Gasteiger charge is -2.18. The van der Waals surface area contributed by atoms with Crippen molar-refractivity contribution in [3.63, 3.8) is 0 Å². The molecule has 1 unspecified atom stereocenters. The van der Waals surface area contributed by atoms with E-state index >= 15 is 0 Å². The van der Waals surface area contributed by atoms with Gasteiger partial charge in [-0.2, -0.15) is 0 Å². The van der Waals surface area contributed by atoms with E-state index < -0.39 is 0 Å². The molecule has 2 N–H and O–H groups in total. The molecule has 1 aromatic carbocycles. The van der Waals surface area contributed by atoms with Crippen LogP contribution in [0.5, 0.6) is 5.75 Å². The molecule has 2 rings (SSSR count). The van der Waals surface area contributed by atoms with Gasteiger partial charge in [-0.1, -0.05) is 42.3 Å². The standard InChI is InChI=1S/C15H16ClNO2/c1-2-10-4-3-5-12(8-10)17-15(19)13-9-11(16)6-7-14(13)18/h3-4,6-9,12,18H,2,5H2,1H3,(H,17,19). The number of carbonyl (C=O) groups is 1. The predicted molar refractivity (Wildman–Crippen MR) is 76.5 cm³/mol. The summed E-state index contributed by atoms with van der Waals surface area (Å²) in [5.74, 6) is -0.375. The lowest BCUT2D eigenvalue weighted by atomic mass is 10.0. The number of carbonyl (C=O) groups excluding carboxylic acids is 1. The zero-order chi connectivity index (χ0) is 13.8. The van der Waals surface area contributed by atoms with Gasteiger partial charge >= 0.3 is 0 Å². The summed E-state index contributed by atoms with van der Waals surface area (Å²) in [6.45, 7) is 2.07. The van der Waals surface area contributed by atoms with E-state index in [1.54, 1.807) is 6.07 Å². The van der Waals surface area contributed by atoms with E-state index in [0.29, 0.717) is 5.02 Å². The van der Waals surface area contributed by atoms with Crippen LogP contribution in [0.15, 0.2) is 42.0 Å². The van der Waals surface area contributed by atoms with Gasteiger partial charge in [0.25, 0.3) is 5.91 Å². The molecule has 1 aliphatic rings. The van der Waals surface area contributed by atoms with Crippen molar-refractivity contribution >= 4 is 17.5 Å². The molecule has 4 heteroatoms. The number of halogens is 1. The maximum Gasteiger partial charge on any atom is 0.255 e. The highest BCUT2D eigenvalue weighted by molar-refractivity contribution is 6.31. The molecule has 0 fully saturated rings. The summed E-state index contributed by atoms with van der Waals surface area (Å²) in [7, 11) is 0. The van der Waals surface area contributed by atoms with Crippen molar-refractivity contribution < 1.29 is 9.90 Å². The predicted octanol–water partition coefficient (Wildman–Crippen LogP) is 3.44. The van der Waals surface area contributed by atoms with Crippen LogP contribution < -0.4 is 5.32 Å². The van der Waals surface area contributed by atoms with Gasteiger partial charge in [0.05, 0.1) is 11.6 Å². The number of phenols is 1. The first-order valence-electron chi connectivity index (χ1n) is 6.26. The number of phenolic OH excluding ortho intramolecular Hbond substituents is 1. The molecule has 19 heavy (non-hydrogen) atoms. The minimum absolute atomic E-state index is 0.0363. The third kappa shape index (κ3) is 3.38. The van der Waals surface area contributed by atoms with E-state index in [4.69, 9.17) is 11.6 Å². The summed E-state index contributed by atoms with van der Waals surface area (Å²) in [5, 5.41) is 13.0. The van der Waals surface area contributed by atoms with Gasteiger partial charge in [-0.15, -0.1) is 0 Å². The van der Waals surface area contributed by atoms with Crippen molar-refractivity contribution in [1.29, 1.82) is 0 Å². The molecule has 0 saturated heterocycles. The van der Waals surface area contributed by atoms with Crippen LogP contribution in [0.2, 0.25) is 5.02 Å². The summed E-state index contributed by atoms with van der Waals surface area (Å²) in [6.07, 6.45) is 7.85. The molecular weight excluding hydrogens is 262 g/mol. The van der Waals surface area contributed by atoms with Crippen LogP contribution in [0.3, 0.4) is 0 Å². The maximum atomic E-state index is 12.1. The van der Waals surface area contributed by atoms with Gasteiger partial charge in [-0.05, 0) is 31.0 Å². The van der Waals surface area contributed by atoms with Gasteiger partial charge in [-0.3, -0.25) is 4.79 Å². The summed E-state index contributed by atoms with van der Waals surface area (Å²) < 4.78 is 0. The monoisotopic (exact) mass is 277 g/mol. The van der Waals surface area contributed by atoms with Crippen LogP contribution in [0.4, 0.5) is 0 Å². The van der Waals surface area contributed by atoms with Gasteiger partial charge < -0.3 is 10.4 Å². The fraction of sp³-hybridized carbons (Fsp3) is 0.267. The third-order valence-corrected chi connectivity index (χ3v) is 3.30. The number of allylic oxidation sites excluding steroid dienone is 2. The van der Waals surface area contributed by atoms with Crippen molar-refractivity contribution in [3.8, 4) is 5.75 Å². The lowest BCUT2D eigenvalue weighted by Crippen LogP contribution is -2.34. The highest BCUT2D eigenvalue weighted by atomic mass is 35.5. The van der Waals surface area contributed by atoms with E-state index in [1.165, 1.54) is 17.7 Å². The van der Waals surface area contributed by atoms with Crippen LogP contribution in [-0.4, -0.2) is 17.1 Å². The number of rotatable bonds is 3. The quantitative estimate of drug-likeness (QED) is 0.889. The number of benzene rings is 1. The van der Waals surface area contributed by atoms with Crippen LogP contribution in [0.1, 0.15) is 30.1 Å². The van der Waals surface area contributed by atoms with E-state index in [-0.39, 0.29) is 23.3 Å². The fourth-order valence-corrected chi connectivity index (χ4v) is 2.19. The first-order chi connectivity index (χ1) is 9.10. The second kappa shape index (κ2) is 5.93. The molecule has 0 heterocycles. The molecule has 0 saturated carbocycles. The SMILES string of the molecule is CCC1=CC(NC(=O)c2cc(Cl)ccc2O)CC=C1. The maximum absolute atomic E-state index is 12.1. The zero-order valence-electron chi connectivity index (χ0n) is 10.7. The topological polar surface area (TPSA) is 49.3 Å². The van der Waals surface area contributed by atoms with Crippen LogP contribution in [-0.2, 0) is 0 Å². The second-order valence-electron chi connectivity index (χ2n) is 4.47. The minimum Gasteiger partial charge on any atom is -0.507 e. The lowest BCUT2D eigenvalue weighted by molar-refractivity contribution is 0.0942. The molecule has 3 nitrogen and oxygen atoms in total. The van der Waals surface area contributed by atoms with Crippen molar-refractivity contribution in [2.75, 3.05) is 0 Å². The number of nitrogens with one attached hydrogen (secondary N) is 1. The van der Waals surface area contributed by atoms with Crippen molar-refractivity contribution in [3.05, 3.63) is 52.6 Å². The Bertz CT molecular complexity index is 549. The summed E-state index contributed by atoms with van der Waals surface area (Å²) >= 11 is 5.84. The minimum atomic E-state index is -0.313. The smallest absolute Gasteiger partial charge is 0.255 e. The molecule has 100 valence electrons. The van der Waals surface area contributed by atoms with Crippen molar-refractivity contribution in [2.24, 2.45) is 0 Å². The Morgan fingerprint density at radius 1 is 1.53 bits per heavy atom. The van der Waals surface area contributed by atoms with E-state index in [0.717, 1.165) is 12.8 Å². The molecule has 1 amide bonds.